The normalized spacial score (nSPS) is 10.5. The second-order valence-electron chi connectivity index (χ2n) is 6.53. The zero-order valence-electron chi connectivity index (χ0n) is 16.6. The molecule has 0 radical (unpaired) electrons. The van der Waals surface area contributed by atoms with Crippen LogP contribution in [0.3, 0.4) is 0 Å². The SMILES string of the molecule is COc1cc(CNc2ccc(C(=O)O)cc2)ccc1Oc1nnnn1-c1ccccc1. The number of carbonyl (C=O) groups is 1. The molecule has 1 heterocycles. The highest BCUT2D eigenvalue weighted by molar-refractivity contribution is 5.88. The smallest absolute Gasteiger partial charge is 0.346 e. The number of ether oxygens (including phenoxy) is 2. The highest BCUT2D eigenvalue weighted by Gasteiger charge is 2.14. The number of nitrogens with one attached hydrogen (secondary N) is 1. The van der Waals surface area contributed by atoms with E-state index in [0.717, 1.165) is 16.9 Å². The minimum Gasteiger partial charge on any atom is -0.493 e. The van der Waals surface area contributed by atoms with Crippen LogP contribution in [0.15, 0.2) is 72.8 Å². The van der Waals surface area contributed by atoms with E-state index in [1.165, 1.54) is 4.68 Å². The molecular weight excluding hydrogens is 398 g/mol. The minimum absolute atomic E-state index is 0.217. The van der Waals surface area contributed by atoms with Crippen LogP contribution in [-0.2, 0) is 6.54 Å². The number of benzene rings is 3. The lowest BCUT2D eigenvalue weighted by Crippen LogP contribution is -2.03. The molecule has 0 atom stereocenters. The minimum atomic E-state index is -0.954. The zero-order valence-corrected chi connectivity index (χ0v) is 16.6. The van der Waals surface area contributed by atoms with Crippen LogP contribution in [-0.4, -0.2) is 38.4 Å². The molecule has 156 valence electrons. The van der Waals surface area contributed by atoms with Crippen LogP contribution < -0.4 is 14.8 Å². The van der Waals surface area contributed by atoms with Crippen molar-refractivity contribution in [2.75, 3.05) is 12.4 Å². The molecule has 0 spiro atoms. The Morgan fingerprint density at radius 1 is 1.03 bits per heavy atom. The maximum absolute atomic E-state index is 10.9. The second-order valence-corrected chi connectivity index (χ2v) is 6.53. The number of anilines is 1. The molecule has 0 saturated heterocycles. The molecule has 1 aromatic heterocycles. The van der Waals surface area contributed by atoms with Crippen LogP contribution in [0.1, 0.15) is 15.9 Å². The van der Waals surface area contributed by atoms with Gasteiger partial charge in [0.05, 0.1) is 18.4 Å². The predicted molar refractivity (Wildman–Crippen MR) is 113 cm³/mol. The second kappa shape index (κ2) is 8.95. The third-order valence-corrected chi connectivity index (χ3v) is 4.50. The molecule has 4 rings (SSSR count). The Kier molecular flexibility index (Phi) is 5.75. The van der Waals surface area contributed by atoms with Gasteiger partial charge in [0.15, 0.2) is 11.5 Å². The zero-order chi connectivity index (χ0) is 21.6. The lowest BCUT2D eigenvalue weighted by atomic mass is 10.1. The Hall–Kier alpha value is -4.40. The van der Waals surface area contributed by atoms with E-state index in [0.29, 0.717) is 18.0 Å². The van der Waals surface area contributed by atoms with E-state index >= 15 is 0 Å². The summed E-state index contributed by atoms with van der Waals surface area (Å²) in [5, 5.41) is 23.9. The largest absolute Gasteiger partial charge is 0.493 e. The van der Waals surface area contributed by atoms with Crippen LogP contribution in [0.25, 0.3) is 5.69 Å². The Morgan fingerprint density at radius 3 is 2.52 bits per heavy atom. The number of nitrogens with zero attached hydrogens (tertiary/aromatic N) is 4. The average Bonchev–Trinajstić information content (AvgIpc) is 3.27. The highest BCUT2D eigenvalue weighted by Crippen LogP contribution is 2.32. The monoisotopic (exact) mass is 417 g/mol. The maximum Gasteiger partial charge on any atom is 0.346 e. The molecule has 4 aromatic rings. The van der Waals surface area contributed by atoms with Crippen LogP contribution in [0.2, 0.25) is 0 Å². The highest BCUT2D eigenvalue weighted by atomic mass is 16.5. The van der Waals surface area contributed by atoms with Gasteiger partial charge in [0.25, 0.3) is 0 Å². The molecule has 0 aliphatic rings. The summed E-state index contributed by atoms with van der Waals surface area (Å²) < 4.78 is 12.9. The Balaban J connectivity index is 1.48. The standard InChI is InChI=1S/C22H19N5O4/c1-30-20-13-15(14-23-17-10-8-16(9-11-17)21(28)29)7-12-19(20)31-22-24-25-26-27(22)18-5-3-2-4-6-18/h2-13,23H,14H2,1H3,(H,28,29). The van der Waals surface area contributed by atoms with Gasteiger partial charge in [0.2, 0.25) is 0 Å². The van der Waals surface area contributed by atoms with E-state index < -0.39 is 5.97 Å². The molecule has 3 aromatic carbocycles. The van der Waals surface area contributed by atoms with E-state index in [9.17, 15) is 4.79 Å². The first-order valence-electron chi connectivity index (χ1n) is 9.40. The van der Waals surface area contributed by atoms with Gasteiger partial charge in [-0.05, 0) is 64.5 Å². The third kappa shape index (κ3) is 4.61. The van der Waals surface area contributed by atoms with E-state index in [1.807, 2.05) is 42.5 Å². The summed E-state index contributed by atoms with van der Waals surface area (Å²) in [6, 6.07) is 21.7. The van der Waals surface area contributed by atoms with Gasteiger partial charge in [-0.15, -0.1) is 0 Å². The van der Waals surface area contributed by atoms with Crippen molar-refractivity contribution in [1.29, 1.82) is 0 Å². The first kappa shape index (κ1) is 19.9. The van der Waals surface area contributed by atoms with Gasteiger partial charge >= 0.3 is 12.0 Å². The van der Waals surface area contributed by atoms with Crippen LogP contribution in [0.4, 0.5) is 5.69 Å². The average molecular weight is 417 g/mol. The van der Waals surface area contributed by atoms with Gasteiger partial charge in [-0.2, -0.15) is 4.68 Å². The van der Waals surface area contributed by atoms with Crippen molar-refractivity contribution in [3.63, 3.8) is 0 Å². The summed E-state index contributed by atoms with van der Waals surface area (Å²) in [7, 11) is 1.56. The van der Waals surface area contributed by atoms with Crippen molar-refractivity contribution < 1.29 is 19.4 Å². The van der Waals surface area contributed by atoms with Crippen LogP contribution in [0, 0.1) is 0 Å². The van der Waals surface area contributed by atoms with Gasteiger partial charge in [0.1, 0.15) is 0 Å². The van der Waals surface area contributed by atoms with Crippen LogP contribution >= 0.6 is 0 Å². The summed E-state index contributed by atoms with van der Waals surface area (Å²) in [6.45, 7) is 0.519. The van der Waals surface area contributed by atoms with E-state index in [-0.39, 0.29) is 11.6 Å². The van der Waals surface area contributed by atoms with Crippen LogP contribution in [0.5, 0.6) is 17.5 Å². The molecule has 0 amide bonds. The molecule has 0 bridgehead atoms. The fourth-order valence-corrected chi connectivity index (χ4v) is 2.91. The lowest BCUT2D eigenvalue weighted by molar-refractivity contribution is 0.0697. The van der Waals surface area contributed by atoms with Crippen molar-refractivity contribution in [3.05, 3.63) is 83.9 Å². The van der Waals surface area contributed by atoms with Gasteiger partial charge in [-0.25, -0.2) is 4.79 Å². The molecular formula is C22H19N5O4. The number of carboxylic acid groups (broad SMARTS) is 1. The summed E-state index contributed by atoms with van der Waals surface area (Å²) in [5.74, 6) is 0.0531. The van der Waals surface area contributed by atoms with Gasteiger partial charge in [0, 0.05) is 12.2 Å². The summed E-state index contributed by atoms with van der Waals surface area (Å²) in [5.41, 5.74) is 2.78. The number of methoxy groups -OCH3 is 1. The molecule has 2 N–H and O–H groups in total. The van der Waals surface area contributed by atoms with Gasteiger partial charge in [-0.1, -0.05) is 29.4 Å². The molecule has 0 aliphatic carbocycles. The van der Waals surface area contributed by atoms with E-state index in [4.69, 9.17) is 14.6 Å². The quantitative estimate of drug-likeness (QED) is 0.446. The molecule has 31 heavy (non-hydrogen) atoms. The first-order valence-corrected chi connectivity index (χ1v) is 9.40. The Labute approximate surface area is 177 Å². The number of aromatic nitrogens is 4. The molecule has 0 aliphatic heterocycles. The fourth-order valence-electron chi connectivity index (χ4n) is 2.91. The summed E-state index contributed by atoms with van der Waals surface area (Å²) >= 11 is 0. The molecule has 9 nitrogen and oxygen atoms in total. The van der Waals surface area contributed by atoms with Crippen molar-refractivity contribution in [2.45, 2.75) is 6.54 Å². The molecule has 9 heteroatoms. The fraction of sp³-hybridized carbons (Fsp3) is 0.0909. The number of tetrazole rings is 1. The third-order valence-electron chi connectivity index (χ3n) is 4.50. The van der Waals surface area contributed by atoms with Crippen molar-refractivity contribution >= 4 is 11.7 Å². The van der Waals surface area contributed by atoms with E-state index in [2.05, 4.69) is 20.8 Å². The number of rotatable bonds is 8. The van der Waals surface area contributed by atoms with Gasteiger partial charge in [-0.3, -0.25) is 0 Å². The Morgan fingerprint density at radius 2 is 1.81 bits per heavy atom. The number of hydrogen-bond donors (Lipinski definition) is 2. The van der Waals surface area contributed by atoms with Crippen molar-refractivity contribution in [2.24, 2.45) is 0 Å². The maximum atomic E-state index is 10.9. The van der Waals surface area contributed by atoms with Crippen molar-refractivity contribution in [3.8, 4) is 23.2 Å². The van der Waals surface area contributed by atoms with Gasteiger partial charge < -0.3 is 19.9 Å². The summed E-state index contributed by atoms with van der Waals surface area (Å²) in [6.07, 6.45) is 0. The van der Waals surface area contributed by atoms with Crippen molar-refractivity contribution in [1.82, 2.24) is 20.2 Å². The first-order chi connectivity index (χ1) is 15.1. The predicted octanol–water partition coefficient (Wildman–Crippen LogP) is 3.77. The molecule has 0 unspecified atom stereocenters. The number of carboxylic acids is 1. The number of para-hydroxylation sites is 1. The summed E-state index contributed by atoms with van der Waals surface area (Å²) in [4.78, 5) is 10.9. The number of aromatic carboxylic acids is 1. The van der Waals surface area contributed by atoms with E-state index in [1.54, 1.807) is 37.4 Å². The molecule has 0 saturated carbocycles. The molecule has 0 fully saturated rings. The topological polar surface area (TPSA) is 111 Å². The lowest BCUT2D eigenvalue weighted by Gasteiger charge is -2.12. The number of hydrogen-bond acceptors (Lipinski definition) is 7. The Bertz CT molecular complexity index is 1180.